The third-order valence-electron chi connectivity index (χ3n) is 2.79. The van der Waals surface area contributed by atoms with Gasteiger partial charge in [-0.15, -0.1) is 11.3 Å². The molecule has 0 aliphatic carbocycles. The fourth-order valence-electron chi connectivity index (χ4n) is 1.78. The molecule has 0 atom stereocenters. The minimum Gasteiger partial charge on any atom is -0.493 e. The predicted octanol–water partition coefficient (Wildman–Crippen LogP) is 3.20. The van der Waals surface area contributed by atoms with Crippen LogP contribution >= 0.6 is 22.9 Å². The maximum atomic E-state index is 11.2. The molecule has 0 saturated carbocycles. The summed E-state index contributed by atoms with van der Waals surface area (Å²) in [7, 11) is 4.42. The smallest absolute Gasteiger partial charge is 0.311 e. The highest BCUT2D eigenvalue weighted by Gasteiger charge is 2.15. The largest absolute Gasteiger partial charge is 0.493 e. The molecule has 112 valence electrons. The highest BCUT2D eigenvalue weighted by atomic mass is 35.5. The Morgan fingerprint density at radius 2 is 2.05 bits per heavy atom. The summed E-state index contributed by atoms with van der Waals surface area (Å²) in [6.07, 6.45) is 0.147. The number of aromatic nitrogens is 1. The van der Waals surface area contributed by atoms with E-state index >= 15 is 0 Å². The minimum absolute atomic E-state index is 0.147. The summed E-state index contributed by atoms with van der Waals surface area (Å²) in [6, 6.07) is 3.55. The normalized spacial score (nSPS) is 10.3. The number of benzene rings is 1. The Morgan fingerprint density at radius 3 is 2.67 bits per heavy atom. The number of carbonyl (C=O) groups excluding carboxylic acids is 1. The predicted molar refractivity (Wildman–Crippen MR) is 81.4 cm³/mol. The molecule has 21 heavy (non-hydrogen) atoms. The third kappa shape index (κ3) is 3.46. The number of thiazole rings is 1. The van der Waals surface area contributed by atoms with Gasteiger partial charge >= 0.3 is 5.97 Å². The minimum atomic E-state index is -0.322. The van der Waals surface area contributed by atoms with Crippen LogP contribution in [-0.2, 0) is 16.0 Å². The number of esters is 1. The standard InChI is InChI=1S/C14H14ClNO4S/c1-18-11-5-8(4-10(15)13(11)20-3)14-16-9(7-21-14)6-12(17)19-2/h4-5,7H,6H2,1-3H3. The van der Waals surface area contributed by atoms with Crippen LogP contribution in [0.25, 0.3) is 10.6 Å². The van der Waals surface area contributed by atoms with Crippen molar-refractivity contribution in [3.8, 4) is 22.1 Å². The molecule has 0 fully saturated rings. The van der Waals surface area contributed by atoms with Gasteiger partial charge in [-0.2, -0.15) is 0 Å². The lowest BCUT2D eigenvalue weighted by atomic mass is 10.2. The molecule has 2 rings (SSSR count). The second-order valence-corrected chi connectivity index (χ2v) is 5.36. The number of halogens is 1. The molecule has 0 N–H and O–H groups in total. The summed E-state index contributed by atoms with van der Waals surface area (Å²) in [6.45, 7) is 0. The molecular formula is C14H14ClNO4S. The molecule has 0 radical (unpaired) electrons. The van der Waals surface area contributed by atoms with Crippen molar-refractivity contribution in [3.63, 3.8) is 0 Å². The van der Waals surface area contributed by atoms with E-state index in [9.17, 15) is 4.79 Å². The molecule has 1 aromatic carbocycles. The lowest BCUT2D eigenvalue weighted by molar-refractivity contribution is -0.139. The Morgan fingerprint density at radius 1 is 1.29 bits per heavy atom. The zero-order chi connectivity index (χ0) is 15.4. The Balaban J connectivity index is 2.34. The van der Waals surface area contributed by atoms with Crippen LogP contribution in [0.1, 0.15) is 5.69 Å². The maximum Gasteiger partial charge on any atom is 0.311 e. The SMILES string of the molecule is COC(=O)Cc1csc(-c2cc(Cl)c(OC)c(OC)c2)n1. The van der Waals surface area contributed by atoms with Crippen LogP contribution < -0.4 is 9.47 Å². The monoisotopic (exact) mass is 327 g/mol. The van der Waals surface area contributed by atoms with Crippen molar-refractivity contribution >= 4 is 28.9 Å². The first-order chi connectivity index (χ1) is 10.1. The van der Waals surface area contributed by atoms with Crippen molar-refractivity contribution < 1.29 is 19.0 Å². The first-order valence-corrected chi connectivity index (χ1v) is 7.28. The molecule has 0 bridgehead atoms. The van der Waals surface area contributed by atoms with Crippen LogP contribution in [-0.4, -0.2) is 32.3 Å². The van der Waals surface area contributed by atoms with E-state index in [0.29, 0.717) is 22.2 Å². The van der Waals surface area contributed by atoms with E-state index in [4.69, 9.17) is 21.1 Å². The van der Waals surface area contributed by atoms with E-state index in [-0.39, 0.29) is 12.4 Å². The molecule has 7 heteroatoms. The summed E-state index contributed by atoms with van der Waals surface area (Å²) >= 11 is 7.60. The van der Waals surface area contributed by atoms with Crippen LogP contribution in [0, 0.1) is 0 Å². The van der Waals surface area contributed by atoms with Gasteiger partial charge in [-0.05, 0) is 12.1 Å². The van der Waals surface area contributed by atoms with Crippen molar-refractivity contribution in [1.82, 2.24) is 4.98 Å². The zero-order valence-electron chi connectivity index (χ0n) is 11.8. The molecule has 1 heterocycles. The third-order valence-corrected chi connectivity index (χ3v) is 4.01. The van der Waals surface area contributed by atoms with E-state index in [2.05, 4.69) is 9.72 Å². The number of hydrogen-bond donors (Lipinski definition) is 0. The van der Waals surface area contributed by atoms with Gasteiger partial charge < -0.3 is 14.2 Å². The number of hydrogen-bond acceptors (Lipinski definition) is 6. The van der Waals surface area contributed by atoms with E-state index in [1.165, 1.54) is 25.6 Å². The zero-order valence-corrected chi connectivity index (χ0v) is 13.4. The molecule has 1 aromatic heterocycles. The van der Waals surface area contributed by atoms with Gasteiger partial charge in [0.05, 0.1) is 38.5 Å². The van der Waals surface area contributed by atoms with Crippen molar-refractivity contribution in [2.75, 3.05) is 21.3 Å². The average Bonchev–Trinajstić information content (AvgIpc) is 2.94. The van der Waals surface area contributed by atoms with Crippen molar-refractivity contribution in [3.05, 3.63) is 28.2 Å². The Hall–Kier alpha value is -1.79. The summed E-state index contributed by atoms with van der Waals surface area (Å²) in [5, 5.41) is 3.00. The number of ether oxygens (including phenoxy) is 3. The number of methoxy groups -OCH3 is 3. The highest BCUT2D eigenvalue weighted by molar-refractivity contribution is 7.13. The summed E-state index contributed by atoms with van der Waals surface area (Å²) in [5.74, 6) is 0.691. The first kappa shape index (κ1) is 15.6. The highest BCUT2D eigenvalue weighted by Crippen LogP contribution is 2.39. The van der Waals surface area contributed by atoms with Crippen LogP contribution in [0.2, 0.25) is 5.02 Å². The summed E-state index contributed by atoms with van der Waals surface area (Å²) < 4.78 is 15.1. The Labute approximate surface area is 131 Å². The Bertz CT molecular complexity index is 656. The van der Waals surface area contributed by atoms with Gasteiger partial charge in [-0.25, -0.2) is 4.98 Å². The van der Waals surface area contributed by atoms with Gasteiger partial charge in [-0.1, -0.05) is 11.6 Å². The van der Waals surface area contributed by atoms with E-state index in [0.717, 1.165) is 10.6 Å². The second-order valence-electron chi connectivity index (χ2n) is 4.09. The van der Waals surface area contributed by atoms with Crippen molar-refractivity contribution in [1.29, 1.82) is 0 Å². The topological polar surface area (TPSA) is 57.7 Å². The Kier molecular flexibility index (Phi) is 5.03. The van der Waals surface area contributed by atoms with Crippen LogP contribution in [0.3, 0.4) is 0 Å². The molecule has 0 aliphatic heterocycles. The molecule has 0 unspecified atom stereocenters. The van der Waals surface area contributed by atoms with Gasteiger partial charge in [-0.3, -0.25) is 4.79 Å². The van der Waals surface area contributed by atoms with Crippen LogP contribution in [0.4, 0.5) is 0 Å². The van der Waals surface area contributed by atoms with E-state index in [1.807, 2.05) is 5.38 Å². The lowest BCUT2D eigenvalue weighted by Gasteiger charge is -2.10. The molecular weight excluding hydrogens is 314 g/mol. The van der Waals surface area contributed by atoms with Crippen LogP contribution in [0.5, 0.6) is 11.5 Å². The van der Waals surface area contributed by atoms with Gasteiger partial charge in [0, 0.05) is 10.9 Å². The lowest BCUT2D eigenvalue weighted by Crippen LogP contribution is -2.04. The van der Waals surface area contributed by atoms with E-state index in [1.54, 1.807) is 19.2 Å². The molecule has 2 aromatic rings. The fourth-order valence-corrected chi connectivity index (χ4v) is 2.88. The van der Waals surface area contributed by atoms with Gasteiger partial charge in [0.25, 0.3) is 0 Å². The molecule has 0 saturated heterocycles. The quantitative estimate of drug-likeness (QED) is 0.789. The average molecular weight is 328 g/mol. The van der Waals surface area contributed by atoms with Crippen molar-refractivity contribution in [2.45, 2.75) is 6.42 Å². The summed E-state index contributed by atoms with van der Waals surface area (Å²) in [4.78, 5) is 15.7. The molecule has 0 spiro atoms. The van der Waals surface area contributed by atoms with Gasteiger partial charge in [0.2, 0.25) is 0 Å². The maximum absolute atomic E-state index is 11.2. The van der Waals surface area contributed by atoms with Gasteiger partial charge in [0.15, 0.2) is 11.5 Å². The summed E-state index contributed by atoms with van der Waals surface area (Å²) in [5.41, 5.74) is 1.46. The number of carbonyl (C=O) groups is 1. The van der Waals surface area contributed by atoms with E-state index < -0.39 is 0 Å². The number of nitrogens with zero attached hydrogens (tertiary/aromatic N) is 1. The number of rotatable bonds is 5. The van der Waals surface area contributed by atoms with Gasteiger partial charge in [0.1, 0.15) is 5.01 Å². The van der Waals surface area contributed by atoms with Crippen LogP contribution in [0.15, 0.2) is 17.5 Å². The molecule has 0 amide bonds. The molecule has 0 aliphatic rings. The second kappa shape index (κ2) is 6.78. The fraction of sp³-hybridized carbons (Fsp3) is 0.286. The first-order valence-electron chi connectivity index (χ1n) is 6.02. The van der Waals surface area contributed by atoms with Crippen molar-refractivity contribution in [2.24, 2.45) is 0 Å². The molecule has 5 nitrogen and oxygen atoms in total.